The monoisotopic (exact) mass is 366 g/mol. The Balaban J connectivity index is 1.72. The summed E-state index contributed by atoms with van der Waals surface area (Å²) in [5.41, 5.74) is 2.73. The number of hydrogen-bond acceptors (Lipinski definition) is 4. The molecule has 0 bridgehead atoms. The average molecular weight is 366 g/mol. The minimum absolute atomic E-state index is 0.00159. The lowest BCUT2D eigenvalue weighted by atomic mass is 10.2. The van der Waals surface area contributed by atoms with E-state index in [1.807, 2.05) is 50.2 Å². The van der Waals surface area contributed by atoms with Crippen LogP contribution in [-0.2, 0) is 6.61 Å². The van der Waals surface area contributed by atoms with E-state index in [4.69, 9.17) is 4.74 Å². The molecule has 5 heteroatoms. The maximum Gasteiger partial charge on any atom is 0.253 e. The molecule has 1 amide bonds. The molecule has 26 heavy (non-hydrogen) atoms. The zero-order valence-corrected chi connectivity index (χ0v) is 16.0. The Bertz CT molecular complexity index is 890. The third kappa shape index (κ3) is 4.11. The molecular weight excluding hydrogens is 344 g/mol. The minimum Gasteiger partial charge on any atom is -0.488 e. The highest BCUT2D eigenvalue weighted by molar-refractivity contribution is 7.15. The minimum atomic E-state index is -0.00159. The van der Waals surface area contributed by atoms with Crippen LogP contribution < -0.4 is 4.74 Å². The Hall–Kier alpha value is -2.66. The summed E-state index contributed by atoms with van der Waals surface area (Å²) in [4.78, 5) is 19.7. The van der Waals surface area contributed by atoms with E-state index in [1.54, 1.807) is 29.4 Å². The number of ether oxygens (including phenoxy) is 1. The van der Waals surface area contributed by atoms with E-state index in [-0.39, 0.29) is 5.91 Å². The number of rotatable bonds is 6. The fourth-order valence-corrected chi connectivity index (χ4v) is 3.48. The van der Waals surface area contributed by atoms with Gasteiger partial charge >= 0.3 is 0 Å². The van der Waals surface area contributed by atoms with Crippen molar-refractivity contribution < 1.29 is 9.53 Å². The standard InChI is InChI=1S/C21H22N2O2S/c1-4-23(3)21(24)17-11-8-12-18(13-17)25-14-19-15(2)22-20(26-19)16-9-6-5-7-10-16/h5-13H,4,14H2,1-3H3. The molecule has 0 radical (unpaired) electrons. The van der Waals surface area contributed by atoms with Crippen LogP contribution in [0.15, 0.2) is 54.6 Å². The molecule has 1 heterocycles. The summed E-state index contributed by atoms with van der Waals surface area (Å²) in [7, 11) is 1.79. The van der Waals surface area contributed by atoms with Crippen LogP contribution in [0.25, 0.3) is 10.6 Å². The van der Waals surface area contributed by atoms with Gasteiger partial charge in [0.25, 0.3) is 5.91 Å². The van der Waals surface area contributed by atoms with Crippen LogP contribution in [0.2, 0.25) is 0 Å². The van der Waals surface area contributed by atoms with Gasteiger partial charge < -0.3 is 9.64 Å². The van der Waals surface area contributed by atoms with Crippen molar-refractivity contribution in [2.45, 2.75) is 20.5 Å². The predicted octanol–water partition coefficient (Wildman–Crippen LogP) is 4.79. The van der Waals surface area contributed by atoms with Gasteiger partial charge in [-0.05, 0) is 32.0 Å². The number of carbonyl (C=O) groups is 1. The summed E-state index contributed by atoms with van der Waals surface area (Å²) in [6.45, 7) is 5.07. The first kappa shape index (κ1) is 18.1. The summed E-state index contributed by atoms with van der Waals surface area (Å²) in [5.74, 6) is 0.688. The molecule has 0 aliphatic rings. The molecule has 0 fully saturated rings. The van der Waals surface area contributed by atoms with Crippen molar-refractivity contribution in [3.8, 4) is 16.3 Å². The summed E-state index contributed by atoms with van der Waals surface area (Å²) >= 11 is 1.64. The number of amides is 1. The molecule has 0 saturated heterocycles. The Morgan fingerprint density at radius 1 is 1.15 bits per heavy atom. The molecule has 0 unspecified atom stereocenters. The maximum absolute atomic E-state index is 12.3. The van der Waals surface area contributed by atoms with E-state index >= 15 is 0 Å². The van der Waals surface area contributed by atoms with E-state index < -0.39 is 0 Å². The van der Waals surface area contributed by atoms with Gasteiger partial charge in [-0.1, -0.05) is 36.4 Å². The molecule has 2 aromatic carbocycles. The van der Waals surface area contributed by atoms with E-state index in [9.17, 15) is 4.79 Å². The molecule has 0 atom stereocenters. The van der Waals surface area contributed by atoms with E-state index in [0.29, 0.717) is 24.5 Å². The number of aryl methyl sites for hydroxylation is 1. The molecule has 1 aromatic heterocycles. The smallest absolute Gasteiger partial charge is 0.253 e. The fourth-order valence-electron chi connectivity index (χ4n) is 2.50. The SMILES string of the molecule is CCN(C)C(=O)c1cccc(OCc2sc(-c3ccccc3)nc2C)c1. The van der Waals surface area contributed by atoms with Crippen molar-refractivity contribution in [1.82, 2.24) is 9.88 Å². The van der Waals surface area contributed by atoms with Gasteiger partial charge in [0.1, 0.15) is 17.4 Å². The lowest BCUT2D eigenvalue weighted by molar-refractivity contribution is 0.0802. The van der Waals surface area contributed by atoms with Crippen LogP contribution in [-0.4, -0.2) is 29.4 Å². The van der Waals surface area contributed by atoms with Gasteiger partial charge in [0.2, 0.25) is 0 Å². The molecular formula is C21H22N2O2S. The number of carbonyl (C=O) groups excluding carboxylic acids is 1. The van der Waals surface area contributed by atoms with Gasteiger partial charge in [-0.3, -0.25) is 4.79 Å². The molecule has 0 spiro atoms. The van der Waals surface area contributed by atoms with Gasteiger partial charge in [0, 0.05) is 24.7 Å². The lowest BCUT2D eigenvalue weighted by Crippen LogP contribution is -2.26. The largest absolute Gasteiger partial charge is 0.488 e. The van der Waals surface area contributed by atoms with Crippen molar-refractivity contribution >= 4 is 17.2 Å². The second kappa shape index (κ2) is 8.15. The van der Waals surface area contributed by atoms with E-state index in [1.165, 1.54) is 0 Å². The highest BCUT2D eigenvalue weighted by Gasteiger charge is 2.12. The van der Waals surface area contributed by atoms with E-state index in [2.05, 4.69) is 17.1 Å². The van der Waals surface area contributed by atoms with Crippen molar-refractivity contribution in [2.24, 2.45) is 0 Å². The molecule has 0 aliphatic carbocycles. The third-order valence-electron chi connectivity index (χ3n) is 4.19. The number of thiazole rings is 1. The number of nitrogens with zero attached hydrogens (tertiary/aromatic N) is 2. The lowest BCUT2D eigenvalue weighted by Gasteiger charge is -2.15. The van der Waals surface area contributed by atoms with Crippen molar-refractivity contribution in [2.75, 3.05) is 13.6 Å². The topological polar surface area (TPSA) is 42.4 Å². The fraction of sp³-hybridized carbons (Fsp3) is 0.238. The van der Waals surface area contributed by atoms with Crippen LogP contribution in [0.3, 0.4) is 0 Å². The third-order valence-corrected chi connectivity index (χ3v) is 5.37. The zero-order valence-electron chi connectivity index (χ0n) is 15.2. The Morgan fingerprint density at radius 2 is 1.92 bits per heavy atom. The quantitative estimate of drug-likeness (QED) is 0.630. The molecule has 0 saturated carbocycles. The summed E-state index contributed by atoms with van der Waals surface area (Å²) in [6, 6.07) is 17.5. The van der Waals surface area contributed by atoms with Crippen LogP contribution in [0, 0.1) is 6.92 Å². The van der Waals surface area contributed by atoms with Crippen molar-refractivity contribution in [1.29, 1.82) is 0 Å². The molecule has 3 aromatic rings. The van der Waals surface area contributed by atoms with Gasteiger partial charge in [0.15, 0.2) is 0 Å². The van der Waals surface area contributed by atoms with Crippen LogP contribution in [0.4, 0.5) is 0 Å². The highest BCUT2D eigenvalue weighted by atomic mass is 32.1. The zero-order chi connectivity index (χ0) is 18.5. The summed E-state index contributed by atoms with van der Waals surface area (Å²) in [5, 5.41) is 0.996. The second-order valence-electron chi connectivity index (χ2n) is 6.03. The molecule has 0 N–H and O–H groups in total. The molecule has 134 valence electrons. The van der Waals surface area contributed by atoms with Crippen molar-refractivity contribution in [3.05, 3.63) is 70.7 Å². The van der Waals surface area contributed by atoms with Crippen molar-refractivity contribution in [3.63, 3.8) is 0 Å². The average Bonchev–Trinajstić information content (AvgIpc) is 3.06. The first-order valence-corrected chi connectivity index (χ1v) is 9.40. The van der Waals surface area contributed by atoms with Gasteiger partial charge in [0.05, 0.1) is 10.6 Å². The van der Waals surface area contributed by atoms with Gasteiger partial charge in [-0.15, -0.1) is 11.3 Å². The molecule has 3 rings (SSSR count). The van der Waals surface area contributed by atoms with Crippen LogP contribution in [0.5, 0.6) is 5.75 Å². The Labute approximate surface area is 158 Å². The summed E-state index contributed by atoms with van der Waals surface area (Å²) < 4.78 is 5.93. The highest BCUT2D eigenvalue weighted by Crippen LogP contribution is 2.28. The van der Waals surface area contributed by atoms with Gasteiger partial charge in [-0.2, -0.15) is 0 Å². The second-order valence-corrected chi connectivity index (χ2v) is 7.11. The normalized spacial score (nSPS) is 10.6. The maximum atomic E-state index is 12.3. The first-order chi connectivity index (χ1) is 12.6. The summed E-state index contributed by atoms with van der Waals surface area (Å²) in [6.07, 6.45) is 0. The van der Waals surface area contributed by atoms with E-state index in [0.717, 1.165) is 21.1 Å². The Morgan fingerprint density at radius 3 is 2.65 bits per heavy atom. The number of hydrogen-bond donors (Lipinski definition) is 0. The van der Waals surface area contributed by atoms with Gasteiger partial charge in [-0.25, -0.2) is 4.98 Å². The Kier molecular flexibility index (Phi) is 5.68. The van der Waals surface area contributed by atoms with Crippen LogP contribution in [0.1, 0.15) is 27.9 Å². The molecule has 0 aliphatic heterocycles. The van der Waals surface area contributed by atoms with Crippen LogP contribution >= 0.6 is 11.3 Å². The number of benzene rings is 2. The first-order valence-electron chi connectivity index (χ1n) is 8.58. The molecule has 4 nitrogen and oxygen atoms in total. The number of aromatic nitrogens is 1. The predicted molar refractivity (Wildman–Crippen MR) is 106 cm³/mol.